The van der Waals surface area contributed by atoms with Gasteiger partial charge in [-0.1, -0.05) is 6.92 Å². The fourth-order valence-electron chi connectivity index (χ4n) is 4.32. The molecule has 0 N–H and O–H groups in total. The van der Waals surface area contributed by atoms with Gasteiger partial charge in [-0.2, -0.15) is 4.31 Å². The predicted molar refractivity (Wildman–Crippen MR) is 115 cm³/mol. The number of nitrogens with zero attached hydrogens (tertiary/aromatic N) is 3. The first-order valence-electron chi connectivity index (χ1n) is 10.5. The molecule has 0 bridgehead atoms. The minimum atomic E-state index is -3.94. The molecule has 2 atom stereocenters. The number of benzene rings is 1. The minimum absolute atomic E-state index is 0.0357. The molecule has 4 rings (SSSR count). The lowest BCUT2D eigenvalue weighted by Crippen LogP contribution is -2.42. The first kappa shape index (κ1) is 21.8. The molecule has 3 heterocycles. The van der Waals surface area contributed by atoms with Crippen molar-refractivity contribution in [3.05, 3.63) is 52.0 Å². The standard InChI is InChI=1S/C21H27N3O6S/c1-15-7-8-23(19(13-15)20-6-3-16(2)30-20)18-5-4-17(24(25)26)14-21(18)31(27,28)22-9-11-29-12-10-22/h3-6,14-15,19H,7-13H2,1-2H3. The molecule has 2 fully saturated rings. The Morgan fingerprint density at radius 1 is 1.13 bits per heavy atom. The van der Waals surface area contributed by atoms with Crippen molar-refractivity contribution in [3.8, 4) is 0 Å². The normalized spacial score (nSPS) is 23.1. The monoisotopic (exact) mass is 449 g/mol. The Morgan fingerprint density at radius 2 is 1.87 bits per heavy atom. The molecule has 31 heavy (non-hydrogen) atoms. The summed E-state index contributed by atoms with van der Waals surface area (Å²) in [5.74, 6) is 2.01. The molecule has 0 saturated carbocycles. The number of nitro groups is 1. The van der Waals surface area contributed by atoms with Crippen molar-refractivity contribution in [2.45, 2.75) is 37.6 Å². The Kier molecular flexibility index (Phi) is 6.05. The number of furan rings is 1. The molecular weight excluding hydrogens is 422 g/mol. The number of anilines is 1. The van der Waals surface area contributed by atoms with Gasteiger partial charge in [0.2, 0.25) is 10.0 Å². The fourth-order valence-corrected chi connectivity index (χ4v) is 5.95. The quantitative estimate of drug-likeness (QED) is 0.508. The zero-order chi connectivity index (χ0) is 22.2. The zero-order valence-corrected chi connectivity index (χ0v) is 18.5. The largest absolute Gasteiger partial charge is 0.464 e. The first-order chi connectivity index (χ1) is 14.8. The lowest BCUT2D eigenvalue weighted by atomic mass is 9.90. The van der Waals surface area contributed by atoms with Crippen LogP contribution in [0.3, 0.4) is 0 Å². The van der Waals surface area contributed by atoms with E-state index in [1.165, 1.54) is 16.4 Å². The molecule has 2 saturated heterocycles. The molecule has 2 aliphatic heterocycles. The van der Waals surface area contributed by atoms with Gasteiger partial charge in [-0.15, -0.1) is 0 Å². The predicted octanol–water partition coefficient (Wildman–Crippen LogP) is 3.49. The van der Waals surface area contributed by atoms with Gasteiger partial charge in [-0.05, 0) is 43.9 Å². The summed E-state index contributed by atoms with van der Waals surface area (Å²) in [7, 11) is -3.94. The summed E-state index contributed by atoms with van der Waals surface area (Å²) in [6.45, 7) is 5.74. The van der Waals surface area contributed by atoms with Gasteiger partial charge in [-0.3, -0.25) is 10.1 Å². The third-order valence-corrected chi connectivity index (χ3v) is 7.93. The van der Waals surface area contributed by atoms with Crippen molar-refractivity contribution in [3.63, 3.8) is 0 Å². The van der Waals surface area contributed by atoms with E-state index in [0.717, 1.165) is 24.4 Å². The number of sulfonamides is 1. The molecule has 1 aromatic carbocycles. The maximum absolute atomic E-state index is 13.5. The number of piperidine rings is 1. The summed E-state index contributed by atoms with van der Waals surface area (Å²) in [6, 6.07) is 7.79. The number of hydrogen-bond acceptors (Lipinski definition) is 7. The van der Waals surface area contributed by atoms with E-state index in [4.69, 9.17) is 9.15 Å². The van der Waals surface area contributed by atoms with E-state index < -0.39 is 14.9 Å². The molecule has 168 valence electrons. The fraction of sp³-hybridized carbons (Fsp3) is 0.524. The van der Waals surface area contributed by atoms with E-state index in [0.29, 0.717) is 31.4 Å². The number of aryl methyl sites for hydroxylation is 1. The van der Waals surface area contributed by atoms with Crippen LogP contribution in [0.5, 0.6) is 0 Å². The number of nitro benzene ring substituents is 1. The van der Waals surface area contributed by atoms with Crippen LogP contribution in [0.4, 0.5) is 11.4 Å². The van der Waals surface area contributed by atoms with Crippen molar-refractivity contribution in [1.82, 2.24) is 4.31 Å². The summed E-state index contributed by atoms with van der Waals surface area (Å²) >= 11 is 0. The number of hydrogen-bond donors (Lipinski definition) is 0. The van der Waals surface area contributed by atoms with E-state index >= 15 is 0 Å². The molecule has 2 aliphatic rings. The number of non-ortho nitro benzene ring substituents is 1. The Labute approximate surface area is 181 Å². The SMILES string of the molecule is Cc1ccc(C2CC(C)CCN2c2ccc([N+](=O)[O-])cc2S(=O)(=O)N2CCOCC2)o1. The van der Waals surface area contributed by atoms with Gasteiger partial charge in [0.05, 0.1) is 29.9 Å². The van der Waals surface area contributed by atoms with Gasteiger partial charge in [0.1, 0.15) is 16.4 Å². The van der Waals surface area contributed by atoms with E-state index in [1.54, 1.807) is 6.07 Å². The molecule has 9 nitrogen and oxygen atoms in total. The lowest BCUT2D eigenvalue weighted by molar-refractivity contribution is -0.385. The van der Waals surface area contributed by atoms with Crippen LogP contribution in [0.1, 0.15) is 37.3 Å². The summed E-state index contributed by atoms with van der Waals surface area (Å²) in [4.78, 5) is 12.8. The summed E-state index contributed by atoms with van der Waals surface area (Å²) in [5, 5.41) is 11.4. The minimum Gasteiger partial charge on any atom is -0.464 e. The van der Waals surface area contributed by atoms with E-state index in [1.807, 2.05) is 24.0 Å². The van der Waals surface area contributed by atoms with Crippen LogP contribution in [0, 0.1) is 23.0 Å². The molecule has 0 spiro atoms. The Hall–Kier alpha value is -2.43. The third-order valence-electron chi connectivity index (χ3n) is 6.01. The van der Waals surface area contributed by atoms with E-state index in [2.05, 4.69) is 6.92 Å². The maximum Gasteiger partial charge on any atom is 0.270 e. The van der Waals surface area contributed by atoms with Crippen LogP contribution in [-0.4, -0.2) is 50.5 Å². The Balaban J connectivity index is 1.82. The van der Waals surface area contributed by atoms with Crippen LogP contribution >= 0.6 is 0 Å². The molecule has 0 radical (unpaired) electrons. The first-order valence-corrected chi connectivity index (χ1v) is 11.9. The van der Waals surface area contributed by atoms with Crippen molar-refractivity contribution in [1.29, 1.82) is 0 Å². The van der Waals surface area contributed by atoms with Crippen LogP contribution in [0.2, 0.25) is 0 Å². The van der Waals surface area contributed by atoms with Crippen molar-refractivity contribution in [2.75, 3.05) is 37.7 Å². The third kappa shape index (κ3) is 4.32. The van der Waals surface area contributed by atoms with E-state index in [-0.39, 0.29) is 29.7 Å². The van der Waals surface area contributed by atoms with Crippen LogP contribution in [-0.2, 0) is 14.8 Å². The number of morpholine rings is 1. The van der Waals surface area contributed by atoms with Gasteiger partial charge in [0.15, 0.2) is 0 Å². The van der Waals surface area contributed by atoms with Crippen molar-refractivity contribution in [2.24, 2.45) is 5.92 Å². The van der Waals surface area contributed by atoms with Gasteiger partial charge >= 0.3 is 0 Å². The van der Waals surface area contributed by atoms with Gasteiger partial charge in [0.25, 0.3) is 5.69 Å². The zero-order valence-electron chi connectivity index (χ0n) is 17.7. The molecule has 2 aromatic rings. The van der Waals surface area contributed by atoms with Crippen molar-refractivity contribution >= 4 is 21.4 Å². The average Bonchev–Trinajstić information content (AvgIpc) is 3.20. The summed E-state index contributed by atoms with van der Waals surface area (Å²) in [6.07, 6.45) is 1.70. The van der Waals surface area contributed by atoms with Gasteiger partial charge in [-0.25, -0.2) is 8.42 Å². The lowest BCUT2D eigenvalue weighted by Gasteiger charge is -2.40. The second kappa shape index (κ2) is 8.60. The molecule has 0 aliphatic carbocycles. The van der Waals surface area contributed by atoms with E-state index in [9.17, 15) is 18.5 Å². The molecular formula is C21H27N3O6S. The highest BCUT2D eigenvalue weighted by Gasteiger charge is 2.36. The summed E-state index contributed by atoms with van der Waals surface area (Å²) < 4.78 is 39.6. The summed E-state index contributed by atoms with van der Waals surface area (Å²) in [5.41, 5.74) is 0.231. The molecule has 1 aromatic heterocycles. The number of ether oxygens (including phenoxy) is 1. The molecule has 10 heteroatoms. The molecule has 0 amide bonds. The Bertz CT molecular complexity index is 1060. The van der Waals surface area contributed by atoms with Gasteiger partial charge in [0, 0.05) is 31.8 Å². The highest BCUT2D eigenvalue weighted by atomic mass is 32.2. The maximum atomic E-state index is 13.5. The second-order valence-corrected chi connectivity index (χ2v) is 10.1. The topological polar surface area (TPSA) is 106 Å². The smallest absolute Gasteiger partial charge is 0.270 e. The second-order valence-electron chi connectivity index (χ2n) is 8.21. The van der Waals surface area contributed by atoms with Crippen molar-refractivity contribution < 1.29 is 22.5 Å². The molecule has 2 unspecified atom stereocenters. The average molecular weight is 450 g/mol. The Morgan fingerprint density at radius 3 is 2.52 bits per heavy atom. The van der Waals surface area contributed by atoms with Crippen LogP contribution < -0.4 is 4.90 Å². The van der Waals surface area contributed by atoms with Crippen LogP contribution in [0.15, 0.2) is 39.6 Å². The highest BCUT2D eigenvalue weighted by Crippen LogP contribution is 2.42. The van der Waals surface area contributed by atoms with Gasteiger partial charge < -0.3 is 14.1 Å². The van der Waals surface area contributed by atoms with Crippen LogP contribution in [0.25, 0.3) is 0 Å². The highest BCUT2D eigenvalue weighted by molar-refractivity contribution is 7.89. The number of rotatable bonds is 5.